The highest BCUT2D eigenvalue weighted by molar-refractivity contribution is 5.83. The number of epoxide rings is 2. The molecule has 0 aromatic heterocycles. The summed E-state index contributed by atoms with van der Waals surface area (Å²) >= 11 is 0. The van der Waals surface area contributed by atoms with Crippen LogP contribution in [0.5, 0.6) is 11.5 Å². The lowest BCUT2D eigenvalue weighted by Gasteiger charge is -2.16. The fourth-order valence-corrected chi connectivity index (χ4v) is 2.65. The molecule has 4 rings (SSSR count). The van der Waals surface area contributed by atoms with Crippen molar-refractivity contribution in [1.82, 2.24) is 0 Å². The van der Waals surface area contributed by atoms with Crippen molar-refractivity contribution in [3.8, 4) is 11.5 Å². The molecule has 25 heavy (non-hydrogen) atoms. The molecule has 2 aliphatic heterocycles. The van der Waals surface area contributed by atoms with Crippen LogP contribution in [-0.2, 0) is 9.47 Å². The molecule has 2 atom stereocenters. The van der Waals surface area contributed by atoms with Crippen LogP contribution in [0.2, 0.25) is 0 Å². The first-order chi connectivity index (χ1) is 12.3. The highest BCUT2D eigenvalue weighted by Crippen LogP contribution is 2.37. The average Bonchev–Trinajstić information content (AvgIpc) is 3.54. The van der Waals surface area contributed by atoms with Gasteiger partial charge in [-0.15, -0.1) is 0 Å². The molecule has 0 amide bonds. The maximum Gasteiger partial charge on any atom is 0.168 e. The number of rotatable bonds is 8. The van der Waals surface area contributed by atoms with Crippen molar-refractivity contribution >= 4 is 11.6 Å². The van der Waals surface area contributed by atoms with Gasteiger partial charge in [0.2, 0.25) is 0 Å². The van der Waals surface area contributed by atoms with Crippen LogP contribution < -0.4 is 9.47 Å². The summed E-state index contributed by atoms with van der Waals surface area (Å²) in [6.45, 7) is 4.75. The lowest BCUT2D eigenvalue weighted by Crippen LogP contribution is -2.10. The maximum atomic E-state index is 6.07. The average molecular weight is 338 g/mol. The van der Waals surface area contributed by atoms with Crippen molar-refractivity contribution < 1.29 is 18.9 Å². The van der Waals surface area contributed by atoms with E-state index in [0.29, 0.717) is 13.2 Å². The molecule has 2 heterocycles. The lowest BCUT2D eigenvalue weighted by molar-refractivity contribution is 0.228. The van der Waals surface area contributed by atoms with Crippen LogP contribution in [0.1, 0.15) is 18.1 Å². The van der Waals surface area contributed by atoms with E-state index >= 15 is 0 Å². The second-order valence-electron chi connectivity index (χ2n) is 6.40. The second kappa shape index (κ2) is 7.30. The molecule has 0 N–H and O–H groups in total. The van der Waals surface area contributed by atoms with Crippen LogP contribution in [0.3, 0.4) is 0 Å². The number of hydrogen-bond acceptors (Lipinski definition) is 4. The third kappa shape index (κ3) is 4.41. The molecule has 2 aromatic rings. The van der Waals surface area contributed by atoms with Crippen molar-refractivity contribution in [2.24, 2.45) is 0 Å². The second-order valence-corrected chi connectivity index (χ2v) is 6.40. The van der Waals surface area contributed by atoms with Crippen LogP contribution in [0.25, 0.3) is 11.6 Å². The van der Waals surface area contributed by atoms with Crippen molar-refractivity contribution in [3.05, 3.63) is 59.7 Å². The first-order valence-electron chi connectivity index (χ1n) is 8.65. The lowest BCUT2D eigenvalue weighted by atomic mass is 10.0. The predicted octanol–water partition coefficient (Wildman–Crippen LogP) is 3.80. The van der Waals surface area contributed by atoms with Crippen molar-refractivity contribution in [2.75, 3.05) is 26.4 Å². The van der Waals surface area contributed by atoms with Crippen molar-refractivity contribution in [2.45, 2.75) is 19.1 Å². The minimum atomic E-state index is 0.200. The maximum absolute atomic E-state index is 6.07. The van der Waals surface area contributed by atoms with Gasteiger partial charge in [0, 0.05) is 5.56 Å². The Morgan fingerprint density at radius 3 is 2.32 bits per heavy atom. The molecule has 2 aliphatic rings. The van der Waals surface area contributed by atoms with Crippen LogP contribution in [0.15, 0.2) is 48.5 Å². The molecular formula is C21H22O4. The molecule has 4 nitrogen and oxygen atoms in total. The Balaban J connectivity index is 1.61. The Bertz CT molecular complexity index is 746. The Morgan fingerprint density at radius 1 is 0.960 bits per heavy atom. The molecular weight excluding hydrogens is 316 g/mol. The minimum absolute atomic E-state index is 0.200. The van der Waals surface area contributed by atoms with E-state index in [1.807, 2.05) is 30.3 Å². The van der Waals surface area contributed by atoms with Gasteiger partial charge in [-0.3, -0.25) is 0 Å². The molecule has 0 spiro atoms. The van der Waals surface area contributed by atoms with Gasteiger partial charge in [-0.05, 0) is 24.1 Å². The molecule has 4 heteroatoms. The summed E-state index contributed by atoms with van der Waals surface area (Å²) in [6.07, 6.45) is 2.57. The predicted molar refractivity (Wildman–Crippen MR) is 96.9 cm³/mol. The molecule has 0 radical (unpaired) electrons. The van der Waals surface area contributed by atoms with Gasteiger partial charge in [-0.25, -0.2) is 0 Å². The molecule has 2 aromatic carbocycles. The summed E-state index contributed by atoms with van der Waals surface area (Å²) in [5, 5.41) is 0. The zero-order valence-electron chi connectivity index (χ0n) is 14.3. The zero-order chi connectivity index (χ0) is 17.1. The van der Waals surface area contributed by atoms with E-state index in [-0.39, 0.29) is 12.2 Å². The third-order valence-corrected chi connectivity index (χ3v) is 4.23. The van der Waals surface area contributed by atoms with Gasteiger partial charge in [0.05, 0.1) is 13.2 Å². The highest BCUT2D eigenvalue weighted by Gasteiger charge is 2.26. The molecule has 0 aliphatic carbocycles. The number of benzene rings is 2. The van der Waals surface area contributed by atoms with E-state index in [1.54, 1.807) is 0 Å². The van der Waals surface area contributed by atoms with Gasteiger partial charge in [0.1, 0.15) is 25.4 Å². The number of hydrogen-bond donors (Lipinski definition) is 0. The van der Waals surface area contributed by atoms with E-state index in [4.69, 9.17) is 18.9 Å². The number of allylic oxidation sites excluding steroid dienone is 1. The largest absolute Gasteiger partial charge is 0.487 e. The topological polar surface area (TPSA) is 43.5 Å². The van der Waals surface area contributed by atoms with Gasteiger partial charge >= 0.3 is 0 Å². The van der Waals surface area contributed by atoms with Crippen LogP contribution in [-0.4, -0.2) is 38.6 Å². The monoisotopic (exact) mass is 338 g/mol. The molecule has 0 saturated carbocycles. The summed E-state index contributed by atoms with van der Waals surface area (Å²) in [5.41, 5.74) is 3.33. The molecule has 2 unspecified atom stereocenters. The van der Waals surface area contributed by atoms with Crippen molar-refractivity contribution in [1.29, 1.82) is 0 Å². The highest BCUT2D eigenvalue weighted by atomic mass is 16.6. The van der Waals surface area contributed by atoms with E-state index in [2.05, 4.69) is 31.2 Å². The Hall–Kier alpha value is -2.30. The summed E-state index contributed by atoms with van der Waals surface area (Å²) in [7, 11) is 0. The third-order valence-electron chi connectivity index (χ3n) is 4.23. The van der Waals surface area contributed by atoms with Gasteiger partial charge in [-0.2, -0.15) is 0 Å². The van der Waals surface area contributed by atoms with E-state index < -0.39 is 0 Å². The van der Waals surface area contributed by atoms with E-state index in [1.165, 1.54) is 0 Å². The van der Waals surface area contributed by atoms with Gasteiger partial charge in [0.25, 0.3) is 0 Å². The zero-order valence-corrected chi connectivity index (χ0v) is 14.3. The van der Waals surface area contributed by atoms with Gasteiger partial charge < -0.3 is 18.9 Å². The summed E-state index contributed by atoms with van der Waals surface area (Å²) < 4.78 is 22.5. The summed E-state index contributed by atoms with van der Waals surface area (Å²) in [5.74, 6) is 1.54. The first kappa shape index (κ1) is 16.2. The quantitative estimate of drug-likeness (QED) is 0.542. The minimum Gasteiger partial charge on any atom is -0.487 e. The standard InChI is InChI=1S/C21H22O4/c1-15(10-16-6-3-2-4-7-16)19-8-5-9-20(24-13-17-11-22-17)21(19)25-14-18-12-23-18/h2-10,17-18H,11-14H2,1H3. The smallest absolute Gasteiger partial charge is 0.168 e. The van der Waals surface area contributed by atoms with Crippen LogP contribution >= 0.6 is 0 Å². The fraction of sp³-hybridized carbons (Fsp3) is 0.333. The SMILES string of the molecule is CC(=Cc1ccccc1)c1cccc(OCC2CO2)c1OCC1CO1. The van der Waals surface area contributed by atoms with Gasteiger partial charge in [-0.1, -0.05) is 48.5 Å². The Kier molecular flexibility index (Phi) is 4.72. The molecule has 2 fully saturated rings. The normalized spacial score (nSPS) is 21.7. The molecule has 2 saturated heterocycles. The van der Waals surface area contributed by atoms with Crippen LogP contribution in [0, 0.1) is 0 Å². The summed E-state index contributed by atoms with van der Waals surface area (Å²) in [4.78, 5) is 0. The Morgan fingerprint density at radius 2 is 1.64 bits per heavy atom. The van der Waals surface area contributed by atoms with E-state index in [0.717, 1.165) is 41.4 Å². The molecule has 130 valence electrons. The first-order valence-corrected chi connectivity index (χ1v) is 8.65. The fourth-order valence-electron chi connectivity index (χ4n) is 2.65. The van der Waals surface area contributed by atoms with E-state index in [9.17, 15) is 0 Å². The summed E-state index contributed by atoms with van der Waals surface area (Å²) in [6, 6.07) is 16.3. The number of ether oxygens (including phenoxy) is 4. The van der Waals surface area contributed by atoms with Crippen LogP contribution in [0.4, 0.5) is 0 Å². The Labute approximate surface area is 148 Å². The van der Waals surface area contributed by atoms with Gasteiger partial charge in [0.15, 0.2) is 11.5 Å². The van der Waals surface area contributed by atoms with Crippen molar-refractivity contribution in [3.63, 3.8) is 0 Å². The molecule has 0 bridgehead atoms. The number of para-hydroxylation sites is 1.